The van der Waals surface area contributed by atoms with Crippen molar-refractivity contribution in [1.29, 1.82) is 0 Å². The van der Waals surface area contributed by atoms with Crippen molar-refractivity contribution in [3.8, 4) is 0 Å². The lowest BCUT2D eigenvalue weighted by molar-refractivity contribution is -0.567. The van der Waals surface area contributed by atoms with E-state index in [1.807, 2.05) is 0 Å². The molecule has 2 N–H and O–H groups in total. The van der Waals surface area contributed by atoms with Gasteiger partial charge in [-0.1, -0.05) is 52.4 Å². The number of hydrogen-bond acceptors (Lipinski definition) is 6. The monoisotopic (exact) mass is 322 g/mol. The first-order valence-electron chi connectivity index (χ1n) is 8.47. The molecule has 0 bridgehead atoms. The fraction of sp³-hybridized carbons (Fsp3) is 1.00. The van der Waals surface area contributed by atoms with E-state index in [1.165, 1.54) is 0 Å². The Morgan fingerprint density at radius 2 is 1.00 bits per heavy atom. The van der Waals surface area contributed by atoms with Gasteiger partial charge in [0.1, 0.15) is 0 Å². The molecule has 6 heteroatoms. The Morgan fingerprint density at radius 3 is 1.27 bits per heavy atom. The van der Waals surface area contributed by atoms with Crippen LogP contribution < -0.4 is 0 Å². The van der Waals surface area contributed by atoms with Gasteiger partial charge in [0.15, 0.2) is 0 Å². The lowest BCUT2D eigenvalue weighted by atomic mass is 10.1. The van der Waals surface area contributed by atoms with Gasteiger partial charge in [-0.25, -0.2) is 20.3 Å². The van der Waals surface area contributed by atoms with Gasteiger partial charge in [0.25, 0.3) is 0 Å². The minimum absolute atomic E-state index is 0.487. The van der Waals surface area contributed by atoms with Crippen molar-refractivity contribution in [2.24, 2.45) is 0 Å². The second kappa shape index (κ2) is 12.2. The predicted octanol–water partition coefficient (Wildman–Crippen LogP) is 5.29. The Morgan fingerprint density at radius 1 is 0.636 bits per heavy atom. The van der Waals surface area contributed by atoms with Gasteiger partial charge in [0.2, 0.25) is 11.6 Å². The van der Waals surface area contributed by atoms with E-state index in [0.717, 1.165) is 51.4 Å². The van der Waals surface area contributed by atoms with Crippen LogP contribution in [0.25, 0.3) is 0 Å². The van der Waals surface area contributed by atoms with Crippen molar-refractivity contribution < 1.29 is 30.1 Å². The fourth-order valence-electron chi connectivity index (χ4n) is 2.13. The lowest BCUT2D eigenvalue weighted by Crippen LogP contribution is -2.39. The van der Waals surface area contributed by atoms with Gasteiger partial charge in [-0.05, 0) is 26.7 Å². The normalized spacial score (nSPS) is 17.2. The van der Waals surface area contributed by atoms with Crippen molar-refractivity contribution in [2.75, 3.05) is 0 Å². The maximum absolute atomic E-state index is 9.05. The number of unbranched alkanes of at least 4 members (excludes halogenated alkanes) is 6. The lowest BCUT2D eigenvalue weighted by Gasteiger charge is -2.30. The molecule has 2 atom stereocenters. The van der Waals surface area contributed by atoms with Crippen LogP contribution >= 0.6 is 0 Å². The van der Waals surface area contributed by atoms with Crippen molar-refractivity contribution in [1.82, 2.24) is 0 Å². The first kappa shape index (κ1) is 21.8. The smallest absolute Gasteiger partial charge is 0.231 e. The van der Waals surface area contributed by atoms with Gasteiger partial charge in [-0.15, -0.1) is 0 Å². The Bertz CT molecular complexity index is 237. The van der Waals surface area contributed by atoms with Crippen LogP contribution in [0.2, 0.25) is 0 Å². The Hall–Kier alpha value is -0.240. The average Bonchev–Trinajstić information content (AvgIpc) is 2.54. The third-order valence-electron chi connectivity index (χ3n) is 3.75. The van der Waals surface area contributed by atoms with Crippen LogP contribution in [0.15, 0.2) is 0 Å². The molecule has 0 saturated heterocycles. The molecule has 0 aliphatic carbocycles. The summed E-state index contributed by atoms with van der Waals surface area (Å²) in [7, 11) is 0. The van der Waals surface area contributed by atoms with Crippen molar-refractivity contribution in [3.05, 3.63) is 0 Å². The van der Waals surface area contributed by atoms with Gasteiger partial charge >= 0.3 is 0 Å². The van der Waals surface area contributed by atoms with Gasteiger partial charge in [0.05, 0.1) is 0 Å². The molecule has 22 heavy (non-hydrogen) atoms. The summed E-state index contributed by atoms with van der Waals surface area (Å²) in [5.74, 6) is -2.53. The molecule has 0 aromatic rings. The maximum Gasteiger partial charge on any atom is 0.231 e. The summed E-state index contributed by atoms with van der Waals surface area (Å²) in [5, 5.41) is 18.1. The van der Waals surface area contributed by atoms with Crippen molar-refractivity contribution in [2.45, 2.75) is 103 Å². The summed E-state index contributed by atoms with van der Waals surface area (Å²) in [5.41, 5.74) is 0. The SMILES string of the molecule is CCCCCCC(C)(OO)OOC(C)(CCCCCC)OO. The molecule has 0 spiro atoms. The highest BCUT2D eigenvalue weighted by Crippen LogP contribution is 2.27. The Kier molecular flexibility index (Phi) is 12.1. The van der Waals surface area contributed by atoms with E-state index >= 15 is 0 Å². The van der Waals surface area contributed by atoms with E-state index < -0.39 is 11.6 Å². The Balaban J connectivity index is 4.22. The first-order valence-corrected chi connectivity index (χ1v) is 8.47. The molecule has 0 aromatic carbocycles. The maximum atomic E-state index is 9.05. The van der Waals surface area contributed by atoms with E-state index in [2.05, 4.69) is 23.6 Å². The molecule has 2 unspecified atom stereocenters. The van der Waals surface area contributed by atoms with E-state index in [9.17, 15) is 0 Å². The zero-order valence-electron chi connectivity index (χ0n) is 14.6. The highest BCUT2D eigenvalue weighted by atomic mass is 17.3. The summed E-state index contributed by atoms with van der Waals surface area (Å²) in [6.07, 6.45) is 9.23. The van der Waals surface area contributed by atoms with Crippen molar-refractivity contribution >= 4 is 0 Å². The van der Waals surface area contributed by atoms with Gasteiger partial charge in [0, 0.05) is 12.8 Å². The van der Waals surface area contributed by atoms with Crippen LogP contribution in [-0.2, 0) is 19.6 Å². The Labute approximate surface area is 134 Å². The third-order valence-corrected chi connectivity index (χ3v) is 3.75. The van der Waals surface area contributed by atoms with Crippen LogP contribution in [-0.4, -0.2) is 22.1 Å². The summed E-state index contributed by atoms with van der Waals surface area (Å²) in [6.45, 7) is 7.44. The molecule has 0 rings (SSSR count). The summed E-state index contributed by atoms with van der Waals surface area (Å²) in [4.78, 5) is 19.3. The molecule has 0 aliphatic rings. The molecule has 0 saturated carbocycles. The molecular formula is C16H34O6. The number of rotatable bonds is 15. The summed E-state index contributed by atoms with van der Waals surface area (Å²) < 4.78 is 0. The van der Waals surface area contributed by atoms with Gasteiger partial charge in [-0.2, -0.15) is 9.78 Å². The molecule has 0 aliphatic heterocycles. The van der Waals surface area contributed by atoms with Crippen LogP contribution in [0.3, 0.4) is 0 Å². The molecule has 134 valence electrons. The minimum Gasteiger partial charge on any atom is -0.249 e. The molecule has 6 nitrogen and oxygen atoms in total. The number of hydrogen-bond donors (Lipinski definition) is 2. The second-order valence-electron chi connectivity index (χ2n) is 6.24. The van der Waals surface area contributed by atoms with E-state index in [0.29, 0.717) is 12.8 Å². The van der Waals surface area contributed by atoms with Crippen LogP contribution in [0, 0.1) is 0 Å². The predicted molar refractivity (Wildman–Crippen MR) is 83.9 cm³/mol. The van der Waals surface area contributed by atoms with E-state index in [4.69, 9.17) is 20.3 Å². The molecule has 0 radical (unpaired) electrons. The standard InChI is InChI=1S/C16H34O6/c1-5-7-9-11-13-15(3,19-17)21-22-16(4,20-18)14-12-10-8-6-2/h17-18H,5-14H2,1-4H3. The summed E-state index contributed by atoms with van der Waals surface area (Å²) >= 11 is 0. The van der Waals surface area contributed by atoms with E-state index in [1.54, 1.807) is 13.8 Å². The zero-order chi connectivity index (χ0) is 16.9. The average molecular weight is 322 g/mol. The topological polar surface area (TPSA) is 77.4 Å². The second-order valence-corrected chi connectivity index (χ2v) is 6.24. The molecule has 0 aromatic heterocycles. The van der Waals surface area contributed by atoms with Crippen LogP contribution in [0.5, 0.6) is 0 Å². The van der Waals surface area contributed by atoms with Crippen LogP contribution in [0.4, 0.5) is 0 Å². The fourth-order valence-corrected chi connectivity index (χ4v) is 2.13. The molecule has 0 amide bonds. The van der Waals surface area contributed by atoms with Gasteiger partial charge < -0.3 is 0 Å². The van der Waals surface area contributed by atoms with Crippen LogP contribution in [0.1, 0.15) is 91.9 Å². The van der Waals surface area contributed by atoms with Crippen molar-refractivity contribution in [3.63, 3.8) is 0 Å². The molecule has 0 heterocycles. The highest BCUT2D eigenvalue weighted by Gasteiger charge is 2.35. The zero-order valence-corrected chi connectivity index (χ0v) is 14.6. The third kappa shape index (κ3) is 9.71. The molecule has 0 fully saturated rings. The van der Waals surface area contributed by atoms with E-state index in [-0.39, 0.29) is 0 Å². The largest absolute Gasteiger partial charge is 0.249 e. The molecular weight excluding hydrogens is 288 g/mol. The highest BCUT2D eigenvalue weighted by molar-refractivity contribution is 4.63. The summed E-state index contributed by atoms with van der Waals surface area (Å²) in [6, 6.07) is 0. The van der Waals surface area contributed by atoms with Gasteiger partial charge in [-0.3, -0.25) is 0 Å². The first-order chi connectivity index (χ1) is 10.4. The quantitative estimate of drug-likeness (QED) is 0.185. The minimum atomic E-state index is -1.27.